The predicted octanol–water partition coefficient (Wildman–Crippen LogP) is 0.823. The number of fused-ring (bicyclic) bond motifs is 1. The molecule has 1 aromatic heterocycles. The van der Waals surface area contributed by atoms with Gasteiger partial charge in [-0.1, -0.05) is 0 Å². The van der Waals surface area contributed by atoms with Crippen molar-refractivity contribution < 1.29 is 4.74 Å². The summed E-state index contributed by atoms with van der Waals surface area (Å²) in [5.41, 5.74) is 1.38. The number of hydrogen-bond acceptors (Lipinski definition) is 4. The lowest BCUT2D eigenvalue weighted by Crippen LogP contribution is -2.47. The van der Waals surface area contributed by atoms with Crippen LogP contribution in [0.5, 0.6) is 0 Å². The van der Waals surface area contributed by atoms with Crippen molar-refractivity contribution in [2.75, 3.05) is 32.8 Å². The van der Waals surface area contributed by atoms with Crippen LogP contribution in [0.2, 0.25) is 0 Å². The summed E-state index contributed by atoms with van der Waals surface area (Å²) in [6.07, 6.45) is 8.23. The lowest BCUT2D eigenvalue weighted by molar-refractivity contribution is -0.0554. The van der Waals surface area contributed by atoms with E-state index in [4.69, 9.17) is 4.74 Å². The highest BCUT2D eigenvalue weighted by Gasteiger charge is 2.32. The number of hydrogen-bond donors (Lipinski definition) is 1. The van der Waals surface area contributed by atoms with Crippen molar-refractivity contribution in [3.63, 3.8) is 0 Å². The zero-order chi connectivity index (χ0) is 13.4. The lowest BCUT2D eigenvalue weighted by Gasteiger charge is -2.35. The highest BCUT2D eigenvalue weighted by atomic mass is 16.5. The number of morpholine rings is 1. The Morgan fingerprint density at radius 2 is 2.40 bits per heavy atom. The van der Waals surface area contributed by atoms with Crippen molar-refractivity contribution in [2.45, 2.75) is 43.9 Å². The normalized spacial score (nSPS) is 34.5. The Morgan fingerprint density at radius 3 is 3.30 bits per heavy atom. The summed E-state index contributed by atoms with van der Waals surface area (Å²) < 4.78 is 8.40. The minimum atomic E-state index is 0.326. The number of aromatic nitrogens is 2. The summed E-state index contributed by atoms with van der Waals surface area (Å²) in [6, 6.07) is 0.688. The van der Waals surface area contributed by atoms with Crippen LogP contribution >= 0.6 is 0 Å². The average Bonchev–Trinajstić information content (AvgIpc) is 3.19. The Kier molecular flexibility index (Phi) is 3.50. The van der Waals surface area contributed by atoms with E-state index < -0.39 is 0 Å². The van der Waals surface area contributed by atoms with Gasteiger partial charge in [0.05, 0.1) is 25.6 Å². The fourth-order valence-electron chi connectivity index (χ4n) is 3.95. The van der Waals surface area contributed by atoms with Crippen molar-refractivity contribution in [3.8, 4) is 0 Å². The zero-order valence-corrected chi connectivity index (χ0v) is 12.0. The van der Waals surface area contributed by atoms with Crippen LogP contribution in [-0.2, 0) is 11.3 Å². The van der Waals surface area contributed by atoms with Crippen LogP contribution in [0.25, 0.3) is 0 Å². The summed E-state index contributed by atoms with van der Waals surface area (Å²) in [5, 5.41) is 3.44. The number of imidazole rings is 1. The quantitative estimate of drug-likeness (QED) is 0.888. The fourth-order valence-corrected chi connectivity index (χ4v) is 3.95. The molecular formula is C15H24N4O. The molecule has 0 bridgehead atoms. The molecule has 0 aliphatic carbocycles. The molecule has 0 spiro atoms. The van der Waals surface area contributed by atoms with Crippen molar-refractivity contribution in [1.29, 1.82) is 0 Å². The van der Waals surface area contributed by atoms with Gasteiger partial charge in [-0.15, -0.1) is 0 Å². The average molecular weight is 276 g/mol. The maximum Gasteiger partial charge on any atom is 0.0949 e. The topological polar surface area (TPSA) is 42.3 Å². The molecular weight excluding hydrogens is 252 g/mol. The molecule has 0 radical (unpaired) electrons. The van der Waals surface area contributed by atoms with E-state index in [0.29, 0.717) is 18.1 Å². The third-order valence-electron chi connectivity index (χ3n) is 5.08. The third kappa shape index (κ3) is 2.38. The Morgan fingerprint density at radius 1 is 1.40 bits per heavy atom. The first-order chi connectivity index (χ1) is 9.90. The Bertz CT molecular complexity index is 454. The molecule has 3 aliphatic heterocycles. The van der Waals surface area contributed by atoms with Gasteiger partial charge >= 0.3 is 0 Å². The minimum Gasteiger partial charge on any atom is -0.373 e. The van der Waals surface area contributed by atoms with Gasteiger partial charge in [0.25, 0.3) is 0 Å². The van der Waals surface area contributed by atoms with Crippen molar-refractivity contribution in [1.82, 2.24) is 19.8 Å². The molecule has 5 heteroatoms. The number of nitrogens with zero attached hydrogens (tertiary/aromatic N) is 3. The van der Waals surface area contributed by atoms with E-state index in [2.05, 4.69) is 19.8 Å². The van der Waals surface area contributed by atoms with Gasteiger partial charge in [0.1, 0.15) is 0 Å². The Hall–Kier alpha value is -0.910. The first-order valence-corrected chi connectivity index (χ1v) is 7.96. The Balaban J connectivity index is 1.42. The van der Waals surface area contributed by atoms with E-state index >= 15 is 0 Å². The van der Waals surface area contributed by atoms with Crippen molar-refractivity contribution in [2.24, 2.45) is 0 Å². The van der Waals surface area contributed by atoms with E-state index in [9.17, 15) is 0 Å². The number of ether oxygens (including phenoxy) is 1. The van der Waals surface area contributed by atoms with Crippen LogP contribution in [-0.4, -0.2) is 59.4 Å². The van der Waals surface area contributed by atoms with Crippen LogP contribution in [0.1, 0.15) is 30.9 Å². The molecule has 3 saturated heterocycles. The molecule has 0 saturated carbocycles. The fraction of sp³-hybridized carbons (Fsp3) is 0.800. The van der Waals surface area contributed by atoms with E-state index in [0.717, 1.165) is 32.8 Å². The molecule has 3 unspecified atom stereocenters. The molecule has 1 aromatic rings. The van der Waals surface area contributed by atoms with Crippen LogP contribution in [0.4, 0.5) is 0 Å². The van der Waals surface area contributed by atoms with Crippen LogP contribution < -0.4 is 5.32 Å². The highest BCUT2D eigenvalue weighted by Crippen LogP contribution is 2.25. The number of nitrogens with one attached hydrogen (secondary N) is 1. The summed E-state index contributed by atoms with van der Waals surface area (Å²) in [6.45, 7) is 6.43. The molecule has 20 heavy (non-hydrogen) atoms. The lowest BCUT2D eigenvalue weighted by atomic mass is 10.1. The van der Waals surface area contributed by atoms with Gasteiger partial charge in [-0.2, -0.15) is 0 Å². The standard InChI is InChI=1S/C15H24N4O/c1-2-13-10-20-14(8-18(13)5-1)9-19-11-17-7-15(19)12-3-4-16-6-12/h7,11-14,16H,1-6,8-10H2. The van der Waals surface area contributed by atoms with Gasteiger partial charge in [-0.05, 0) is 32.4 Å². The second-order valence-electron chi connectivity index (χ2n) is 6.41. The first-order valence-electron chi connectivity index (χ1n) is 7.96. The molecule has 3 atom stereocenters. The van der Waals surface area contributed by atoms with E-state index in [1.165, 1.54) is 31.5 Å². The van der Waals surface area contributed by atoms with E-state index in [-0.39, 0.29) is 0 Å². The van der Waals surface area contributed by atoms with Gasteiger partial charge in [0.15, 0.2) is 0 Å². The first kappa shape index (κ1) is 12.8. The summed E-state index contributed by atoms with van der Waals surface area (Å²) in [7, 11) is 0. The van der Waals surface area contributed by atoms with Crippen molar-refractivity contribution in [3.05, 3.63) is 18.2 Å². The predicted molar refractivity (Wildman–Crippen MR) is 76.8 cm³/mol. The second-order valence-corrected chi connectivity index (χ2v) is 6.41. The van der Waals surface area contributed by atoms with Crippen LogP contribution in [0.15, 0.2) is 12.5 Å². The molecule has 110 valence electrons. The molecule has 5 nitrogen and oxygen atoms in total. The largest absolute Gasteiger partial charge is 0.373 e. The summed E-state index contributed by atoms with van der Waals surface area (Å²) in [5.74, 6) is 0.626. The maximum absolute atomic E-state index is 6.08. The van der Waals surface area contributed by atoms with Crippen molar-refractivity contribution >= 4 is 0 Å². The van der Waals surface area contributed by atoms with Gasteiger partial charge in [0.2, 0.25) is 0 Å². The van der Waals surface area contributed by atoms with Gasteiger partial charge < -0.3 is 14.6 Å². The molecule has 0 aromatic carbocycles. The minimum absolute atomic E-state index is 0.326. The molecule has 0 amide bonds. The van der Waals surface area contributed by atoms with E-state index in [1.807, 2.05) is 12.5 Å². The maximum atomic E-state index is 6.08. The monoisotopic (exact) mass is 276 g/mol. The van der Waals surface area contributed by atoms with Gasteiger partial charge in [-0.3, -0.25) is 4.90 Å². The molecule has 4 rings (SSSR count). The molecule has 4 heterocycles. The van der Waals surface area contributed by atoms with Gasteiger partial charge in [-0.25, -0.2) is 4.98 Å². The zero-order valence-electron chi connectivity index (χ0n) is 12.0. The van der Waals surface area contributed by atoms with Crippen LogP contribution in [0, 0.1) is 0 Å². The third-order valence-corrected chi connectivity index (χ3v) is 5.08. The molecule has 3 aliphatic rings. The second kappa shape index (κ2) is 5.47. The van der Waals surface area contributed by atoms with Crippen LogP contribution in [0.3, 0.4) is 0 Å². The summed E-state index contributed by atoms with van der Waals surface area (Å²) >= 11 is 0. The molecule has 1 N–H and O–H groups in total. The van der Waals surface area contributed by atoms with Gasteiger partial charge in [0, 0.05) is 36.9 Å². The SMILES string of the molecule is c1ncn(CC2CN3CCCC3CO2)c1C1CCNC1. The Labute approximate surface area is 120 Å². The number of rotatable bonds is 3. The highest BCUT2D eigenvalue weighted by molar-refractivity contribution is 5.09. The summed E-state index contributed by atoms with van der Waals surface area (Å²) in [4.78, 5) is 6.98. The van der Waals surface area contributed by atoms with E-state index in [1.54, 1.807) is 0 Å². The molecule has 3 fully saturated rings. The smallest absolute Gasteiger partial charge is 0.0949 e.